The summed E-state index contributed by atoms with van der Waals surface area (Å²) in [6.07, 6.45) is 0.989. The number of aliphatic imine (C=N–C) groups is 1. The van der Waals surface area contributed by atoms with Crippen molar-refractivity contribution in [2.75, 3.05) is 18.2 Å². The average molecular weight is 454 g/mol. The number of benzene rings is 1. The van der Waals surface area contributed by atoms with Crippen molar-refractivity contribution in [3.05, 3.63) is 28.2 Å². The zero-order chi connectivity index (χ0) is 19.6. The van der Waals surface area contributed by atoms with Crippen molar-refractivity contribution in [2.45, 2.75) is 31.0 Å². The van der Waals surface area contributed by atoms with Crippen molar-refractivity contribution in [1.29, 1.82) is 0 Å². The zero-order valence-corrected chi connectivity index (χ0v) is 17.1. The van der Waals surface area contributed by atoms with Gasteiger partial charge in [0.1, 0.15) is 6.61 Å². The number of imide groups is 1. The zero-order valence-electron chi connectivity index (χ0n) is 14.7. The number of carbonyl (C=O) groups excluding carboxylic acids is 3. The lowest BCUT2D eigenvalue weighted by atomic mass is 9.86. The molecule has 2 atom stereocenters. The summed E-state index contributed by atoms with van der Waals surface area (Å²) < 4.78 is 11.7. The van der Waals surface area contributed by atoms with Crippen molar-refractivity contribution in [1.82, 2.24) is 4.90 Å². The molecule has 0 radical (unpaired) electrons. The van der Waals surface area contributed by atoms with Crippen LogP contribution in [0.15, 0.2) is 27.7 Å². The summed E-state index contributed by atoms with van der Waals surface area (Å²) in [6, 6.07) is 3.99. The van der Waals surface area contributed by atoms with Gasteiger partial charge in [-0.15, -0.1) is 0 Å². The van der Waals surface area contributed by atoms with Crippen LogP contribution in [0, 0.1) is 0 Å². The molecule has 142 valence electrons. The van der Waals surface area contributed by atoms with Crippen LogP contribution in [0.2, 0.25) is 0 Å². The number of nitrogens with zero attached hydrogens (tertiary/aromatic N) is 2. The number of fused-ring (bicyclic) bond motifs is 2. The molecule has 1 aromatic carbocycles. The maximum absolute atomic E-state index is 13.4. The van der Waals surface area contributed by atoms with E-state index >= 15 is 0 Å². The number of hydrogen-bond acceptors (Lipinski definition) is 7. The summed E-state index contributed by atoms with van der Waals surface area (Å²) in [6.45, 7) is 3.51. The van der Waals surface area contributed by atoms with Crippen LogP contribution in [-0.2, 0) is 24.7 Å². The van der Waals surface area contributed by atoms with E-state index in [4.69, 9.17) is 9.47 Å². The molecule has 3 aliphatic heterocycles. The predicted molar refractivity (Wildman–Crippen MR) is 103 cm³/mol. The van der Waals surface area contributed by atoms with E-state index in [1.165, 1.54) is 11.8 Å². The van der Waals surface area contributed by atoms with Gasteiger partial charge in [0, 0.05) is 15.7 Å². The lowest BCUT2D eigenvalue weighted by molar-refractivity contribution is -0.144. The number of ether oxygens (including phenoxy) is 2. The number of halogens is 1. The number of amides is 3. The number of nitrogens with one attached hydrogen (secondary N) is 1. The van der Waals surface area contributed by atoms with Crippen LogP contribution in [-0.4, -0.2) is 52.5 Å². The van der Waals surface area contributed by atoms with Crippen molar-refractivity contribution in [3.8, 4) is 0 Å². The number of anilines is 1. The van der Waals surface area contributed by atoms with Crippen LogP contribution in [0.4, 0.5) is 10.5 Å². The monoisotopic (exact) mass is 453 g/mol. The van der Waals surface area contributed by atoms with E-state index in [1.54, 1.807) is 38.3 Å². The van der Waals surface area contributed by atoms with Crippen LogP contribution >= 0.6 is 27.7 Å². The van der Waals surface area contributed by atoms with Crippen LogP contribution in [0.5, 0.6) is 0 Å². The number of thioether (sulfide) groups is 1. The van der Waals surface area contributed by atoms with Gasteiger partial charge in [0.2, 0.25) is 10.8 Å². The lowest BCUT2D eigenvalue weighted by Gasteiger charge is -2.32. The number of rotatable bonds is 1. The second kappa shape index (κ2) is 5.96. The highest BCUT2D eigenvalue weighted by molar-refractivity contribution is 9.10. The molecule has 0 unspecified atom stereocenters. The van der Waals surface area contributed by atoms with E-state index in [0.717, 1.165) is 9.37 Å². The molecule has 3 aliphatic rings. The largest absolute Gasteiger partial charge is 0.448 e. The Hall–Kier alpha value is -2.07. The highest BCUT2D eigenvalue weighted by Crippen LogP contribution is 2.48. The third-order valence-electron chi connectivity index (χ3n) is 4.80. The smallest absolute Gasteiger partial charge is 0.417 e. The Balaban J connectivity index is 1.85. The van der Waals surface area contributed by atoms with Crippen molar-refractivity contribution >= 4 is 56.5 Å². The summed E-state index contributed by atoms with van der Waals surface area (Å²) in [4.78, 5) is 43.9. The molecule has 1 N–H and O–H groups in total. The molecule has 8 nitrogen and oxygen atoms in total. The first-order valence-electron chi connectivity index (χ1n) is 8.14. The second-order valence-corrected chi connectivity index (χ2v) is 8.70. The van der Waals surface area contributed by atoms with Gasteiger partial charge in [0.15, 0.2) is 6.04 Å². The molecular weight excluding hydrogens is 438 g/mol. The Kier molecular flexibility index (Phi) is 4.04. The normalized spacial score (nSPS) is 27.9. The Bertz CT molecular complexity index is 918. The number of carbonyl (C=O) groups is 3. The van der Waals surface area contributed by atoms with Crippen LogP contribution < -0.4 is 5.32 Å². The third-order valence-corrected chi connectivity index (χ3v) is 5.83. The first kappa shape index (κ1) is 18.3. The fourth-order valence-electron chi connectivity index (χ4n) is 3.51. The fraction of sp³-hybridized carbons (Fsp3) is 0.412. The first-order valence-corrected chi connectivity index (χ1v) is 10.2. The summed E-state index contributed by atoms with van der Waals surface area (Å²) in [5.74, 6) is -1.12. The topological polar surface area (TPSA) is 97.3 Å². The molecule has 1 spiro atoms. The second-order valence-electron chi connectivity index (χ2n) is 7.02. The van der Waals surface area contributed by atoms with Crippen LogP contribution in [0.3, 0.4) is 0 Å². The minimum atomic E-state index is -1.66. The molecular formula is C17H16BrN3O5S. The van der Waals surface area contributed by atoms with Crippen LogP contribution in [0.25, 0.3) is 0 Å². The van der Waals surface area contributed by atoms with Crippen molar-refractivity contribution in [2.24, 2.45) is 4.99 Å². The fourth-order valence-corrected chi connectivity index (χ4v) is 4.29. The van der Waals surface area contributed by atoms with Gasteiger partial charge in [0.05, 0.1) is 5.54 Å². The molecule has 1 fully saturated rings. The summed E-state index contributed by atoms with van der Waals surface area (Å²) in [5, 5.41) is 2.97. The summed E-state index contributed by atoms with van der Waals surface area (Å²) >= 11 is 4.58. The van der Waals surface area contributed by atoms with Gasteiger partial charge in [-0.1, -0.05) is 27.7 Å². The Morgan fingerprint density at radius 2 is 2.15 bits per heavy atom. The van der Waals surface area contributed by atoms with Gasteiger partial charge in [0.25, 0.3) is 11.8 Å². The van der Waals surface area contributed by atoms with E-state index < -0.39 is 35.1 Å². The van der Waals surface area contributed by atoms with Gasteiger partial charge in [-0.05, 0) is 38.3 Å². The van der Waals surface area contributed by atoms with E-state index in [-0.39, 0.29) is 11.8 Å². The quantitative estimate of drug-likeness (QED) is 0.701. The van der Waals surface area contributed by atoms with E-state index in [1.807, 2.05) is 0 Å². The summed E-state index contributed by atoms with van der Waals surface area (Å²) in [7, 11) is 0. The molecule has 0 saturated carbocycles. The highest BCUT2D eigenvalue weighted by atomic mass is 79.9. The number of hydrogen-bond donors (Lipinski definition) is 1. The minimum absolute atomic E-state index is 0.0750. The summed E-state index contributed by atoms with van der Waals surface area (Å²) in [5.41, 5.74) is -1.46. The molecule has 3 amide bonds. The standard InChI is InChI=1S/C17H16BrN3O5S/c1-16(2)7-25-15(24)21(16)12(22)11-17(26-14(20-11)27-3)9-6-8(18)4-5-10(9)19-13(17)23/h4-6,11H,7H2,1-3H3,(H,19,23)/t11-,17-/m0/s1. The molecule has 3 heterocycles. The average Bonchev–Trinajstić information content (AvgIpc) is 3.22. The maximum atomic E-state index is 13.4. The SMILES string of the molecule is CSC1=N[C@@H](C(=O)N2C(=O)OCC2(C)C)[C@]2(O1)C(=O)Nc1ccc(Br)cc12. The van der Waals surface area contributed by atoms with Gasteiger partial charge >= 0.3 is 6.09 Å². The van der Waals surface area contributed by atoms with Gasteiger partial charge in [-0.3, -0.25) is 9.59 Å². The van der Waals surface area contributed by atoms with Crippen molar-refractivity contribution < 1.29 is 23.9 Å². The van der Waals surface area contributed by atoms with E-state index in [2.05, 4.69) is 26.2 Å². The Labute approximate surface area is 167 Å². The number of cyclic esters (lactones) is 1. The van der Waals surface area contributed by atoms with E-state index in [0.29, 0.717) is 11.3 Å². The Morgan fingerprint density at radius 3 is 2.78 bits per heavy atom. The molecule has 1 aromatic rings. The maximum Gasteiger partial charge on any atom is 0.417 e. The first-order chi connectivity index (χ1) is 12.7. The molecule has 10 heteroatoms. The molecule has 0 aromatic heterocycles. The van der Waals surface area contributed by atoms with Crippen LogP contribution in [0.1, 0.15) is 19.4 Å². The van der Waals surface area contributed by atoms with Gasteiger partial charge < -0.3 is 14.8 Å². The molecule has 27 heavy (non-hydrogen) atoms. The highest BCUT2D eigenvalue weighted by Gasteiger charge is 2.64. The van der Waals surface area contributed by atoms with Crippen molar-refractivity contribution in [3.63, 3.8) is 0 Å². The molecule has 4 rings (SSSR count). The van der Waals surface area contributed by atoms with Gasteiger partial charge in [-0.2, -0.15) is 0 Å². The Morgan fingerprint density at radius 1 is 1.41 bits per heavy atom. The third kappa shape index (κ3) is 2.49. The predicted octanol–water partition coefficient (Wildman–Crippen LogP) is 2.47. The molecule has 0 bridgehead atoms. The minimum Gasteiger partial charge on any atom is -0.448 e. The molecule has 0 aliphatic carbocycles. The van der Waals surface area contributed by atoms with Gasteiger partial charge in [-0.25, -0.2) is 14.7 Å². The molecule has 1 saturated heterocycles. The lowest BCUT2D eigenvalue weighted by Crippen LogP contribution is -2.56. The van der Waals surface area contributed by atoms with E-state index in [9.17, 15) is 14.4 Å².